The van der Waals surface area contributed by atoms with Crippen LogP contribution in [0, 0.1) is 4.51 Å². The molecule has 0 spiro atoms. The van der Waals surface area contributed by atoms with Crippen molar-refractivity contribution in [2.75, 3.05) is 30.9 Å². The van der Waals surface area contributed by atoms with Crippen molar-refractivity contribution in [3.05, 3.63) is 14.7 Å². The lowest BCUT2D eigenvalue weighted by Crippen LogP contribution is -2.25. The van der Waals surface area contributed by atoms with Crippen LogP contribution < -0.4 is 15.6 Å². The van der Waals surface area contributed by atoms with Gasteiger partial charge in [0.05, 0.1) is 5.69 Å². The van der Waals surface area contributed by atoms with Gasteiger partial charge in [-0.1, -0.05) is 19.1 Å². The molecule has 0 aliphatic carbocycles. The van der Waals surface area contributed by atoms with Gasteiger partial charge in [0.15, 0.2) is 0 Å². The second-order valence-electron chi connectivity index (χ2n) is 3.20. The van der Waals surface area contributed by atoms with Crippen molar-refractivity contribution in [3.63, 3.8) is 0 Å². The van der Waals surface area contributed by atoms with Crippen molar-refractivity contribution in [3.8, 4) is 0 Å². The molecule has 1 aromatic rings. The molecule has 0 amide bonds. The third kappa shape index (κ3) is 1.72. The van der Waals surface area contributed by atoms with Crippen LogP contribution in [-0.4, -0.2) is 20.6 Å². The van der Waals surface area contributed by atoms with Crippen LogP contribution in [0.2, 0.25) is 0 Å². The molecule has 0 atom stereocenters. The molecule has 0 unspecified atom stereocenters. The quantitative estimate of drug-likeness (QED) is 0.744. The Morgan fingerprint density at radius 3 is 2.54 bits per heavy atom. The fraction of sp³-hybridized carbons (Fsp3) is 0.556. The predicted octanol–water partition coefficient (Wildman–Crippen LogP) is 1.54. The summed E-state index contributed by atoms with van der Waals surface area (Å²) < 4.78 is 0.448. The van der Waals surface area contributed by atoms with Gasteiger partial charge in [0, 0.05) is 20.6 Å². The molecule has 0 aromatic heterocycles. The molecule has 0 fully saturated rings. The van der Waals surface area contributed by atoms with Crippen molar-refractivity contribution in [2.24, 2.45) is 0 Å². The first-order valence-electron chi connectivity index (χ1n) is 4.34. The number of rotatable bonds is 4. The van der Waals surface area contributed by atoms with E-state index < -0.39 is 0 Å². The fourth-order valence-corrected chi connectivity index (χ4v) is 1.61. The maximum atomic E-state index is 11.3. The fourth-order valence-electron chi connectivity index (χ4n) is 1.22. The molecule has 13 heavy (non-hydrogen) atoms. The van der Waals surface area contributed by atoms with Gasteiger partial charge in [0.2, 0.25) is 5.43 Å². The molecule has 0 bridgehead atoms. The summed E-state index contributed by atoms with van der Waals surface area (Å²) in [4.78, 5) is 13.2. The smallest absolute Gasteiger partial charge is 0.223 e. The normalized spacial score (nSPS) is 10.4. The monoisotopic (exact) mass is 198 g/mol. The summed E-state index contributed by atoms with van der Waals surface area (Å²) in [6.45, 7) is 2.88. The van der Waals surface area contributed by atoms with Gasteiger partial charge in [-0.3, -0.25) is 4.79 Å². The van der Waals surface area contributed by atoms with Gasteiger partial charge in [0.1, 0.15) is 10.2 Å². The lowest BCUT2D eigenvalue weighted by atomic mass is 10.2. The van der Waals surface area contributed by atoms with Gasteiger partial charge in [0.25, 0.3) is 0 Å². The first-order valence-corrected chi connectivity index (χ1v) is 4.75. The summed E-state index contributed by atoms with van der Waals surface area (Å²) in [6, 6.07) is 0. The van der Waals surface area contributed by atoms with E-state index in [4.69, 9.17) is 12.2 Å². The number of hydrogen-bond acceptors (Lipinski definition) is 4. The molecule has 72 valence electrons. The first kappa shape index (κ1) is 10.2. The third-order valence-electron chi connectivity index (χ3n) is 1.88. The molecule has 0 radical (unpaired) electrons. The average molecular weight is 198 g/mol. The first-order chi connectivity index (χ1) is 6.09. The molecule has 3 nitrogen and oxygen atoms in total. The molecule has 1 N–H and O–H groups in total. The summed E-state index contributed by atoms with van der Waals surface area (Å²) >= 11 is 4.94. The van der Waals surface area contributed by atoms with Crippen molar-refractivity contribution in [2.45, 2.75) is 13.3 Å². The summed E-state index contributed by atoms with van der Waals surface area (Å²) in [7, 11) is 3.78. The SMILES string of the molecule is CCCNc1c(N(C)C)c(=S)c1=O. The van der Waals surface area contributed by atoms with E-state index in [1.807, 2.05) is 19.0 Å². The number of nitrogens with one attached hydrogen (secondary N) is 1. The van der Waals surface area contributed by atoms with Crippen LogP contribution >= 0.6 is 12.2 Å². The van der Waals surface area contributed by atoms with E-state index in [9.17, 15) is 4.79 Å². The topological polar surface area (TPSA) is 32.3 Å². The van der Waals surface area contributed by atoms with E-state index >= 15 is 0 Å². The Morgan fingerprint density at radius 1 is 1.46 bits per heavy atom. The number of nitrogens with zero attached hydrogens (tertiary/aromatic N) is 1. The molecule has 4 heteroatoms. The van der Waals surface area contributed by atoms with E-state index in [0.29, 0.717) is 10.2 Å². The Bertz CT molecular complexity index is 363. The molecule has 0 saturated carbocycles. The highest BCUT2D eigenvalue weighted by Gasteiger charge is 2.18. The Balaban J connectivity index is 2.89. The van der Waals surface area contributed by atoms with Gasteiger partial charge in [-0.25, -0.2) is 0 Å². The molecular weight excluding hydrogens is 184 g/mol. The maximum absolute atomic E-state index is 11.3. The maximum Gasteiger partial charge on any atom is 0.223 e. The summed E-state index contributed by atoms with van der Waals surface area (Å²) in [6.07, 6.45) is 1.00. The lowest BCUT2D eigenvalue weighted by molar-refractivity contribution is 0.969. The van der Waals surface area contributed by atoms with Gasteiger partial charge in [-0.05, 0) is 6.42 Å². The van der Waals surface area contributed by atoms with E-state index in [1.54, 1.807) is 0 Å². The molecule has 0 saturated heterocycles. The van der Waals surface area contributed by atoms with Crippen LogP contribution in [-0.2, 0) is 0 Å². The van der Waals surface area contributed by atoms with E-state index in [0.717, 1.165) is 18.7 Å². The predicted molar refractivity (Wildman–Crippen MR) is 59.0 cm³/mol. The van der Waals surface area contributed by atoms with E-state index in [-0.39, 0.29) is 5.43 Å². The highest BCUT2D eigenvalue weighted by Crippen LogP contribution is 2.25. The van der Waals surface area contributed by atoms with Crippen LogP contribution in [0.4, 0.5) is 11.4 Å². The van der Waals surface area contributed by atoms with Crippen LogP contribution in [0.1, 0.15) is 13.3 Å². The minimum atomic E-state index is -0.0212. The minimum Gasteiger partial charge on any atom is -0.380 e. The van der Waals surface area contributed by atoms with Crippen LogP contribution in [0.5, 0.6) is 0 Å². The molecule has 0 heterocycles. The van der Waals surface area contributed by atoms with E-state index in [1.165, 1.54) is 0 Å². The Kier molecular flexibility index (Phi) is 3.03. The molecule has 1 rings (SSSR count). The van der Waals surface area contributed by atoms with Crippen molar-refractivity contribution < 1.29 is 0 Å². The highest BCUT2D eigenvalue weighted by molar-refractivity contribution is 7.71. The Hall–Kier alpha value is -0.900. The van der Waals surface area contributed by atoms with Crippen molar-refractivity contribution in [1.82, 2.24) is 0 Å². The summed E-state index contributed by atoms with van der Waals surface area (Å²) in [5.41, 5.74) is 1.53. The zero-order valence-corrected chi connectivity index (χ0v) is 8.99. The Labute approximate surface area is 83.1 Å². The van der Waals surface area contributed by atoms with Crippen molar-refractivity contribution in [1.29, 1.82) is 0 Å². The summed E-state index contributed by atoms with van der Waals surface area (Å²) in [5, 5.41) is 3.08. The van der Waals surface area contributed by atoms with Crippen LogP contribution in [0.15, 0.2) is 4.79 Å². The molecule has 0 aliphatic heterocycles. The third-order valence-corrected chi connectivity index (χ3v) is 2.26. The van der Waals surface area contributed by atoms with Crippen molar-refractivity contribution >= 4 is 23.6 Å². The van der Waals surface area contributed by atoms with Gasteiger partial charge in [-0.15, -0.1) is 0 Å². The Morgan fingerprint density at radius 2 is 2.08 bits per heavy atom. The van der Waals surface area contributed by atoms with Crippen LogP contribution in [0.3, 0.4) is 0 Å². The largest absolute Gasteiger partial charge is 0.380 e. The molecular formula is C9H14N2OS. The van der Waals surface area contributed by atoms with Gasteiger partial charge < -0.3 is 10.2 Å². The zero-order valence-electron chi connectivity index (χ0n) is 8.18. The average Bonchev–Trinajstić information content (AvgIpc) is 2.09. The standard InChI is InChI=1S/C9H14N2OS/c1-4-5-10-6-7(11(2)3)9(13)8(6)12/h10H,4-5H2,1-3H3. The summed E-state index contributed by atoms with van der Waals surface area (Å²) in [5.74, 6) is 0. The minimum absolute atomic E-state index is 0.0212. The molecule has 1 aromatic carbocycles. The lowest BCUT2D eigenvalue weighted by Gasteiger charge is -2.20. The zero-order chi connectivity index (χ0) is 10.0. The van der Waals surface area contributed by atoms with Crippen LogP contribution in [0.25, 0.3) is 0 Å². The molecule has 0 aliphatic rings. The second-order valence-corrected chi connectivity index (χ2v) is 3.61. The van der Waals surface area contributed by atoms with E-state index in [2.05, 4.69) is 12.2 Å². The van der Waals surface area contributed by atoms with Gasteiger partial charge >= 0.3 is 0 Å². The highest BCUT2D eigenvalue weighted by atomic mass is 32.1. The number of hydrogen-bond donors (Lipinski definition) is 1. The number of anilines is 2. The second kappa shape index (κ2) is 3.87. The van der Waals surface area contributed by atoms with Gasteiger partial charge in [-0.2, -0.15) is 0 Å².